The normalized spacial score (nSPS) is 11.1. The summed E-state index contributed by atoms with van der Waals surface area (Å²) in [6.07, 6.45) is 0. The van der Waals surface area contributed by atoms with E-state index < -0.39 is 92.8 Å². The van der Waals surface area contributed by atoms with Gasteiger partial charge in [-0.05, 0) is 0 Å². The minimum Gasteiger partial charge on any atom is -0.491 e. The van der Waals surface area contributed by atoms with Crippen molar-refractivity contribution in [3.05, 3.63) is 82.2 Å². The predicted octanol–water partition coefficient (Wildman–Crippen LogP) is 3.74. The fraction of sp³-hybridized carbons (Fsp3) is 0.0526. The third-order valence-corrected chi connectivity index (χ3v) is 4.53. The number of ether oxygens (including phenoxy) is 1. The molecule has 0 atom stereocenters. The summed E-state index contributed by atoms with van der Waals surface area (Å²) in [7, 11) is 0.657. The summed E-state index contributed by atoms with van der Waals surface area (Å²) in [5.41, 5.74) is -5.90. The molecular weight excluding hydrogens is 464 g/mol. The highest BCUT2D eigenvalue weighted by Crippen LogP contribution is 2.23. The molecule has 0 aromatic heterocycles. The fourth-order valence-corrected chi connectivity index (χ4v) is 3.16. The van der Waals surface area contributed by atoms with E-state index >= 15 is 0 Å². The molecular formula is C19H6BF11O. The maximum Gasteiger partial charge on any atom is 0.264 e. The minimum absolute atomic E-state index is 0.138. The third kappa shape index (κ3) is 3.54. The Kier molecular flexibility index (Phi) is 6.12. The highest BCUT2D eigenvalue weighted by atomic mass is 19.2. The molecule has 168 valence electrons. The Balaban J connectivity index is 2.60. The maximum absolute atomic E-state index is 14.9. The number of benzene rings is 3. The van der Waals surface area contributed by atoms with Gasteiger partial charge in [-0.3, -0.25) is 0 Å². The molecule has 0 saturated heterocycles. The molecule has 0 aliphatic heterocycles. The average molecular weight is 470 g/mol. The van der Waals surface area contributed by atoms with Crippen LogP contribution in [-0.4, -0.2) is 13.8 Å². The van der Waals surface area contributed by atoms with Crippen LogP contribution in [0.15, 0.2) is 18.2 Å². The van der Waals surface area contributed by atoms with Gasteiger partial charge in [0.1, 0.15) is 5.82 Å². The fourth-order valence-electron chi connectivity index (χ4n) is 3.16. The van der Waals surface area contributed by atoms with Crippen LogP contribution in [0.2, 0.25) is 0 Å². The van der Waals surface area contributed by atoms with Crippen molar-refractivity contribution in [2.24, 2.45) is 0 Å². The smallest absolute Gasteiger partial charge is 0.264 e. The molecule has 0 N–H and O–H groups in total. The van der Waals surface area contributed by atoms with Gasteiger partial charge >= 0.3 is 0 Å². The van der Waals surface area contributed by atoms with Crippen LogP contribution in [0.4, 0.5) is 48.3 Å². The summed E-state index contributed by atoms with van der Waals surface area (Å²) >= 11 is 0. The van der Waals surface area contributed by atoms with Crippen molar-refractivity contribution >= 4 is 23.1 Å². The highest BCUT2D eigenvalue weighted by Gasteiger charge is 2.42. The Morgan fingerprint density at radius 2 is 0.812 bits per heavy atom. The lowest BCUT2D eigenvalue weighted by molar-refractivity contribution is 0.358. The molecule has 0 spiro atoms. The molecule has 3 aromatic carbocycles. The van der Waals surface area contributed by atoms with Crippen molar-refractivity contribution in [3.8, 4) is 5.75 Å². The first-order valence-electron chi connectivity index (χ1n) is 8.29. The van der Waals surface area contributed by atoms with E-state index in [1.54, 1.807) is 0 Å². The van der Waals surface area contributed by atoms with Gasteiger partial charge in [0.2, 0.25) is 0 Å². The van der Waals surface area contributed by atoms with E-state index in [4.69, 9.17) is 0 Å². The molecule has 32 heavy (non-hydrogen) atoms. The zero-order valence-corrected chi connectivity index (χ0v) is 15.4. The Morgan fingerprint density at radius 3 is 1.16 bits per heavy atom. The zero-order chi connectivity index (χ0) is 24.1. The largest absolute Gasteiger partial charge is 0.491 e. The van der Waals surface area contributed by atoms with Crippen molar-refractivity contribution in [1.29, 1.82) is 0 Å². The minimum atomic E-state index is -3.21. The molecule has 0 unspecified atom stereocenters. The Bertz CT molecular complexity index is 1130. The van der Waals surface area contributed by atoms with Crippen molar-refractivity contribution in [3.63, 3.8) is 0 Å². The molecule has 3 rings (SSSR count). The molecule has 3 aromatic rings. The van der Waals surface area contributed by atoms with Crippen LogP contribution in [0.1, 0.15) is 0 Å². The molecule has 0 radical (unpaired) electrons. The van der Waals surface area contributed by atoms with Crippen LogP contribution in [0.5, 0.6) is 5.75 Å². The average Bonchev–Trinajstić information content (AvgIpc) is 2.71. The summed E-state index contributed by atoms with van der Waals surface area (Å²) in [6.45, 7) is -3.21. The molecule has 0 aliphatic rings. The lowest BCUT2D eigenvalue weighted by Crippen LogP contribution is -2.60. The van der Waals surface area contributed by atoms with E-state index in [2.05, 4.69) is 4.74 Å². The van der Waals surface area contributed by atoms with Gasteiger partial charge in [0, 0.05) is 34.6 Å². The second kappa shape index (κ2) is 8.36. The maximum atomic E-state index is 14.9. The molecule has 13 heteroatoms. The van der Waals surface area contributed by atoms with Gasteiger partial charge < -0.3 is 4.74 Å². The van der Waals surface area contributed by atoms with E-state index in [0.29, 0.717) is 7.11 Å². The van der Waals surface area contributed by atoms with Gasteiger partial charge in [0.05, 0.1) is 7.11 Å². The third-order valence-electron chi connectivity index (χ3n) is 4.53. The quantitative estimate of drug-likeness (QED) is 0.321. The van der Waals surface area contributed by atoms with Gasteiger partial charge in [0.25, 0.3) is 6.71 Å². The molecule has 1 nitrogen and oxygen atoms in total. The van der Waals surface area contributed by atoms with E-state index in [1.807, 2.05) is 0 Å². The first-order chi connectivity index (χ1) is 14.9. The van der Waals surface area contributed by atoms with E-state index in [0.717, 1.165) is 0 Å². The second-order valence-corrected chi connectivity index (χ2v) is 6.30. The van der Waals surface area contributed by atoms with Crippen molar-refractivity contribution in [2.45, 2.75) is 0 Å². The second-order valence-electron chi connectivity index (χ2n) is 6.30. The lowest BCUT2D eigenvalue weighted by Gasteiger charge is -2.21. The number of hydrogen-bond acceptors (Lipinski definition) is 1. The summed E-state index contributed by atoms with van der Waals surface area (Å²) in [6, 6.07) is -0.800. The summed E-state index contributed by atoms with van der Waals surface area (Å²) in [4.78, 5) is 0. The van der Waals surface area contributed by atoms with Gasteiger partial charge in [-0.15, -0.1) is 0 Å². The topological polar surface area (TPSA) is 9.23 Å². The van der Waals surface area contributed by atoms with Crippen molar-refractivity contribution < 1.29 is 53.0 Å². The summed E-state index contributed by atoms with van der Waals surface area (Å²) in [5, 5.41) is 0. The van der Waals surface area contributed by atoms with E-state index in [-0.39, 0.29) is 18.2 Å². The van der Waals surface area contributed by atoms with E-state index in [1.165, 1.54) is 0 Å². The van der Waals surface area contributed by atoms with Crippen LogP contribution in [-0.2, 0) is 0 Å². The predicted molar refractivity (Wildman–Crippen MR) is 90.1 cm³/mol. The molecule has 0 saturated carbocycles. The Morgan fingerprint density at radius 1 is 0.469 bits per heavy atom. The number of methoxy groups -OCH3 is 1. The van der Waals surface area contributed by atoms with Crippen molar-refractivity contribution in [2.75, 3.05) is 7.11 Å². The lowest BCUT2D eigenvalue weighted by atomic mass is 9.36. The molecule has 0 amide bonds. The SMILES string of the molecule is COc1c(F)cc(F)c(B(c2c(F)c(F)cc(F)c2F)c2c(F)c(F)cc(F)c2F)c1F. The van der Waals surface area contributed by atoms with Crippen LogP contribution >= 0.6 is 0 Å². The van der Waals surface area contributed by atoms with Crippen molar-refractivity contribution in [1.82, 2.24) is 0 Å². The molecule has 0 fully saturated rings. The number of hydrogen-bond donors (Lipinski definition) is 0. The Hall–Kier alpha value is -3.25. The van der Waals surface area contributed by atoms with E-state index in [9.17, 15) is 48.3 Å². The van der Waals surface area contributed by atoms with Crippen LogP contribution < -0.4 is 21.1 Å². The molecule has 0 aliphatic carbocycles. The standard InChI is InChI=1S/C19H6BF11O/c1-32-19-10(26)2-5(21)11(18(19)31)20(12-14(27)6(22)3-7(23)15(12)28)13-16(29)8(24)4-9(25)17(13)30/h2-4H,1H3. The van der Waals surface area contributed by atoms with Gasteiger partial charge in [0.15, 0.2) is 63.9 Å². The van der Waals surface area contributed by atoms with Crippen LogP contribution in [0, 0.1) is 64.0 Å². The summed E-state index contributed by atoms with van der Waals surface area (Å²) < 4.78 is 161. The van der Waals surface area contributed by atoms with Crippen LogP contribution in [0.25, 0.3) is 0 Å². The summed E-state index contributed by atoms with van der Waals surface area (Å²) in [5.74, 6) is -25.6. The Labute approximate surface area is 172 Å². The van der Waals surface area contributed by atoms with Gasteiger partial charge in [-0.2, -0.15) is 0 Å². The highest BCUT2D eigenvalue weighted by molar-refractivity contribution is 6.95. The van der Waals surface area contributed by atoms with Gasteiger partial charge in [-0.1, -0.05) is 0 Å². The monoisotopic (exact) mass is 470 g/mol. The molecule has 0 heterocycles. The van der Waals surface area contributed by atoms with Crippen LogP contribution in [0.3, 0.4) is 0 Å². The number of rotatable bonds is 4. The molecule has 0 bridgehead atoms. The van der Waals surface area contributed by atoms with Gasteiger partial charge in [-0.25, -0.2) is 48.3 Å². The first kappa shape index (κ1) is 23.4. The zero-order valence-electron chi connectivity index (χ0n) is 15.4. The number of halogens is 11. The first-order valence-corrected chi connectivity index (χ1v) is 8.29.